The van der Waals surface area contributed by atoms with Gasteiger partial charge < -0.3 is 11.1 Å². The average molecular weight is 374 g/mol. The van der Waals surface area contributed by atoms with Gasteiger partial charge in [-0.3, -0.25) is 0 Å². The molecule has 23 heavy (non-hydrogen) atoms. The Labute approximate surface area is 150 Å². The molecule has 1 aromatic carbocycles. The highest BCUT2D eigenvalue weighted by Crippen LogP contribution is 2.32. The zero-order valence-corrected chi connectivity index (χ0v) is 14.3. The molecule has 122 valence electrons. The van der Waals surface area contributed by atoms with Crippen LogP contribution in [0.5, 0.6) is 0 Å². The van der Waals surface area contributed by atoms with Crippen molar-refractivity contribution in [1.29, 1.82) is 0 Å². The van der Waals surface area contributed by atoms with E-state index in [0.717, 1.165) is 35.4 Å². The van der Waals surface area contributed by atoms with Crippen LogP contribution in [0, 0.1) is 0 Å². The van der Waals surface area contributed by atoms with Crippen molar-refractivity contribution < 1.29 is 0 Å². The van der Waals surface area contributed by atoms with E-state index in [4.69, 9.17) is 22.4 Å². The lowest BCUT2D eigenvalue weighted by Gasteiger charge is -2.27. The van der Waals surface area contributed by atoms with Crippen LogP contribution in [0.25, 0.3) is 22.3 Å². The normalized spacial score (nSPS) is 14.0. The summed E-state index contributed by atoms with van der Waals surface area (Å²) in [6, 6.07) is 7.85. The van der Waals surface area contributed by atoms with Gasteiger partial charge in [0.15, 0.2) is 5.65 Å². The number of nitrogen functional groups attached to an aromatic ring is 1. The average Bonchev–Trinajstić information content (AvgIpc) is 2.79. The van der Waals surface area contributed by atoms with Crippen molar-refractivity contribution in [1.82, 2.24) is 25.1 Å². The SMILES string of the molecule is Cl.Cl.Nc1ncnc2c1c(-c1ccc(Cl)cc1)nn2C1CNC1. The standard InChI is InChI=1S/C14H13ClN6.2ClH/c15-9-3-1-8(2-4-9)12-11-13(16)18-7-19-14(11)21(20-12)10-5-17-6-10;;/h1-4,7,10,17H,5-6H2,(H2,16,18,19);2*1H. The third kappa shape index (κ3) is 2.95. The summed E-state index contributed by atoms with van der Waals surface area (Å²) in [6.45, 7) is 1.78. The van der Waals surface area contributed by atoms with E-state index in [1.165, 1.54) is 6.33 Å². The zero-order chi connectivity index (χ0) is 14.4. The van der Waals surface area contributed by atoms with Gasteiger partial charge in [0.2, 0.25) is 0 Å². The maximum atomic E-state index is 6.05. The van der Waals surface area contributed by atoms with E-state index < -0.39 is 0 Å². The van der Waals surface area contributed by atoms with E-state index in [0.29, 0.717) is 16.9 Å². The van der Waals surface area contributed by atoms with Crippen molar-refractivity contribution in [2.45, 2.75) is 6.04 Å². The number of aromatic nitrogens is 4. The van der Waals surface area contributed by atoms with Crippen LogP contribution in [0.1, 0.15) is 6.04 Å². The Kier molecular flexibility index (Phi) is 5.31. The maximum Gasteiger partial charge on any atom is 0.164 e. The molecule has 1 fully saturated rings. The number of fused-ring (bicyclic) bond motifs is 1. The molecule has 0 unspecified atom stereocenters. The van der Waals surface area contributed by atoms with Gasteiger partial charge in [0.05, 0.1) is 11.4 Å². The van der Waals surface area contributed by atoms with E-state index in [1.54, 1.807) is 0 Å². The van der Waals surface area contributed by atoms with Crippen LogP contribution in [0.2, 0.25) is 5.02 Å². The first-order valence-electron chi connectivity index (χ1n) is 6.69. The van der Waals surface area contributed by atoms with Gasteiger partial charge in [-0.05, 0) is 12.1 Å². The van der Waals surface area contributed by atoms with E-state index >= 15 is 0 Å². The summed E-state index contributed by atoms with van der Waals surface area (Å²) < 4.78 is 1.94. The predicted octanol–water partition coefficient (Wildman–Crippen LogP) is 2.72. The smallest absolute Gasteiger partial charge is 0.164 e. The molecule has 4 rings (SSSR count). The van der Waals surface area contributed by atoms with Crippen LogP contribution >= 0.6 is 36.4 Å². The van der Waals surface area contributed by atoms with Crippen molar-refractivity contribution in [2.75, 3.05) is 18.8 Å². The molecule has 0 amide bonds. The van der Waals surface area contributed by atoms with Crippen molar-refractivity contribution in [3.63, 3.8) is 0 Å². The molecular weight excluding hydrogens is 359 g/mol. The van der Waals surface area contributed by atoms with Gasteiger partial charge in [0.25, 0.3) is 0 Å². The van der Waals surface area contributed by atoms with Crippen molar-refractivity contribution in [2.24, 2.45) is 0 Å². The summed E-state index contributed by atoms with van der Waals surface area (Å²) in [6.07, 6.45) is 1.48. The highest BCUT2D eigenvalue weighted by Gasteiger charge is 2.25. The summed E-state index contributed by atoms with van der Waals surface area (Å²) in [5.41, 5.74) is 8.58. The Morgan fingerprint density at radius 1 is 1.13 bits per heavy atom. The lowest BCUT2D eigenvalue weighted by Crippen LogP contribution is -2.43. The quantitative estimate of drug-likeness (QED) is 0.722. The fourth-order valence-corrected chi connectivity index (χ4v) is 2.63. The number of rotatable bonds is 2. The molecule has 6 nitrogen and oxygen atoms in total. The largest absolute Gasteiger partial charge is 0.383 e. The second kappa shape index (κ2) is 6.88. The van der Waals surface area contributed by atoms with Gasteiger partial charge in [-0.15, -0.1) is 24.8 Å². The molecule has 1 aliphatic heterocycles. The van der Waals surface area contributed by atoms with Gasteiger partial charge >= 0.3 is 0 Å². The molecule has 3 N–H and O–H groups in total. The summed E-state index contributed by atoms with van der Waals surface area (Å²) >= 11 is 5.95. The molecular formula is C14H15Cl3N6. The topological polar surface area (TPSA) is 81.7 Å². The van der Waals surface area contributed by atoms with Gasteiger partial charge in [-0.2, -0.15) is 5.10 Å². The molecule has 0 aliphatic carbocycles. The molecule has 1 saturated heterocycles. The second-order valence-corrected chi connectivity index (χ2v) is 5.51. The third-order valence-electron chi connectivity index (χ3n) is 3.74. The third-order valence-corrected chi connectivity index (χ3v) is 3.99. The summed E-state index contributed by atoms with van der Waals surface area (Å²) in [5.74, 6) is 0.448. The predicted molar refractivity (Wildman–Crippen MR) is 96.6 cm³/mol. The van der Waals surface area contributed by atoms with Crippen molar-refractivity contribution in [3.8, 4) is 11.3 Å². The van der Waals surface area contributed by atoms with E-state index in [2.05, 4.69) is 15.3 Å². The minimum Gasteiger partial charge on any atom is -0.383 e. The number of anilines is 1. The van der Waals surface area contributed by atoms with Crippen LogP contribution in [0.4, 0.5) is 5.82 Å². The fraction of sp³-hybridized carbons (Fsp3) is 0.214. The van der Waals surface area contributed by atoms with Gasteiger partial charge in [0, 0.05) is 23.7 Å². The molecule has 0 radical (unpaired) electrons. The second-order valence-electron chi connectivity index (χ2n) is 5.07. The van der Waals surface area contributed by atoms with Crippen LogP contribution < -0.4 is 11.1 Å². The number of benzene rings is 1. The molecule has 2 aromatic heterocycles. The lowest BCUT2D eigenvalue weighted by molar-refractivity contribution is 0.325. The molecule has 0 spiro atoms. The molecule has 1 aliphatic rings. The highest BCUT2D eigenvalue weighted by molar-refractivity contribution is 6.30. The number of nitrogens with one attached hydrogen (secondary N) is 1. The Morgan fingerprint density at radius 2 is 1.83 bits per heavy atom. The van der Waals surface area contributed by atoms with E-state index in [-0.39, 0.29) is 24.8 Å². The van der Waals surface area contributed by atoms with Crippen LogP contribution in [-0.4, -0.2) is 32.8 Å². The van der Waals surface area contributed by atoms with Crippen molar-refractivity contribution >= 4 is 53.3 Å². The van der Waals surface area contributed by atoms with Gasteiger partial charge in [-0.1, -0.05) is 23.7 Å². The van der Waals surface area contributed by atoms with Gasteiger partial charge in [-0.25, -0.2) is 14.6 Å². The number of nitrogens with zero attached hydrogens (tertiary/aromatic N) is 4. The number of halogens is 3. The van der Waals surface area contributed by atoms with Crippen molar-refractivity contribution in [3.05, 3.63) is 35.6 Å². The monoisotopic (exact) mass is 372 g/mol. The van der Waals surface area contributed by atoms with Crippen LogP contribution in [0.15, 0.2) is 30.6 Å². The number of hydrogen-bond donors (Lipinski definition) is 2. The first kappa shape index (κ1) is 17.7. The minimum absolute atomic E-state index is 0. The Balaban J connectivity index is 0.000000960. The molecule has 0 atom stereocenters. The minimum atomic E-state index is 0. The molecule has 9 heteroatoms. The zero-order valence-electron chi connectivity index (χ0n) is 11.9. The fourth-order valence-electron chi connectivity index (χ4n) is 2.51. The first-order chi connectivity index (χ1) is 10.2. The highest BCUT2D eigenvalue weighted by atomic mass is 35.5. The van der Waals surface area contributed by atoms with E-state index in [9.17, 15) is 0 Å². The Morgan fingerprint density at radius 3 is 2.43 bits per heavy atom. The number of hydrogen-bond acceptors (Lipinski definition) is 5. The summed E-state index contributed by atoms with van der Waals surface area (Å²) in [5, 5.41) is 9.45. The molecule has 3 heterocycles. The van der Waals surface area contributed by atoms with Gasteiger partial charge in [0.1, 0.15) is 17.8 Å². The first-order valence-corrected chi connectivity index (χ1v) is 7.07. The summed E-state index contributed by atoms with van der Waals surface area (Å²) in [4.78, 5) is 8.46. The Hall–Kier alpha value is -1.60. The van der Waals surface area contributed by atoms with Crippen LogP contribution in [-0.2, 0) is 0 Å². The summed E-state index contributed by atoms with van der Waals surface area (Å²) in [7, 11) is 0. The lowest BCUT2D eigenvalue weighted by atomic mass is 10.1. The van der Waals surface area contributed by atoms with Crippen LogP contribution in [0.3, 0.4) is 0 Å². The van der Waals surface area contributed by atoms with E-state index in [1.807, 2.05) is 28.9 Å². The Bertz CT molecular complexity index is 813. The maximum absolute atomic E-state index is 6.05. The molecule has 0 saturated carbocycles. The molecule has 0 bridgehead atoms. The number of nitrogens with two attached hydrogens (primary N) is 1. The molecule has 3 aromatic rings.